The number of unbranched alkanes of at least 4 members (excludes halogenated alkanes) is 18. The Bertz CT molecular complexity index is 277. The van der Waals surface area contributed by atoms with E-state index in [0.29, 0.717) is 13.0 Å². The molecule has 3 nitrogen and oxygen atoms in total. The molecule has 0 spiro atoms. The van der Waals surface area contributed by atoms with Crippen molar-refractivity contribution < 1.29 is 15.0 Å². The molecule has 0 aliphatic heterocycles. The van der Waals surface area contributed by atoms with Crippen molar-refractivity contribution in [3.05, 3.63) is 0 Å². The van der Waals surface area contributed by atoms with Gasteiger partial charge in [-0.25, -0.2) is 0 Å². The Kier molecular flexibility index (Phi) is 30.3. The Balaban J connectivity index is 0. The molecule has 0 aromatic heterocycles. The monoisotopic (exact) mass is 400 g/mol. The summed E-state index contributed by atoms with van der Waals surface area (Å²) in [4.78, 5) is 10.4. The minimum atomic E-state index is -0.651. The topological polar surface area (TPSA) is 57.5 Å². The molecule has 0 amide bonds. The molecule has 0 rings (SSSR count). The number of carboxylic acid groups (broad SMARTS) is 1. The van der Waals surface area contributed by atoms with Crippen molar-refractivity contribution in [3.8, 4) is 0 Å². The number of aliphatic carboxylic acids is 1. The predicted molar refractivity (Wildman–Crippen MR) is 123 cm³/mol. The molecule has 3 heteroatoms. The van der Waals surface area contributed by atoms with Crippen LogP contribution in [0.3, 0.4) is 0 Å². The van der Waals surface area contributed by atoms with Gasteiger partial charge in [-0.05, 0) is 12.8 Å². The summed E-state index contributed by atoms with van der Waals surface area (Å²) >= 11 is 0. The van der Waals surface area contributed by atoms with E-state index in [1.807, 2.05) is 6.92 Å². The third-order valence-electron chi connectivity index (χ3n) is 5.22. The molecule has 0 bridgehead atoms. The van der Waals surface area contributed by atoms with Crippen LogP contribution >= 0.6 is 0 Å². The van der Waals surface area contributed by atoms with Crippen LogP contribution in [0, 0.1) is 0 Å². The summed E-state index contributed by atoms with van der Waals surface area (Å²) in [6.45, 7) is 4.53. The van der Waals surface area contributed by atoms with Crippen LogP contribution in [-0.4, -0.2) is 22.8 Å². The number of rotatable bonds is 21. The standard InChI is InChI=1S/C22H44O2.C3H8O/c1-2-3-4-5-6-7-8-9-10-11-12-13-14-15-16-17-18-19-20-21-22(23)24;1-2-3-4/h2-21H2,1H3,(H,23,24);4H,2-3H2,1H3. The van der Waals surface area contributed by atoms with Gasteiger partial charge in [0.05, 0.1) is 0 Å². The van der Waals surface area contributed by atoms with Crippen molar-refractivity contribution in [1.29, 1.82) is 0 Å². The molecule has 0 saturated heterocycles. The zero-order chi connectivity index (χ0) is 21.1. The summed E-state index contributed by atoms with van der Waals surface area (Å²) in [5.41, 5.74) is 0. The smallest absolute Gasteiger partial charge is 0.303 e. The van der Waals surface area contributed by atoms with Crippen LogP contribution in [0.4, 0.5) is 0 Å². The van der Waals surface area contributed by atoms with Gasteiger partial charge in [-0.1, -0.05) is 129 Å². The summed E-state index contributed by atoms with van der Waals surface area (Å²) < 4.78 is 0. The zero-order valence-corrected chi connectivity index (χ0v) is 19.4. The first kappa shape index (κ1) is 29.6. The van der Waals surface area contributed by atoms with Gasteiger partial charge in [0.15, 0.2) is 0 Å². The molecule has 0 aliphatic rings. The second-order valence-electron chi connectivity index (χ2n) is 8.23. The van der Waals surface area contributed by atoms with Crippen LogP contribution in [0.15, 0.2) is 0 Å². The molecule has 0 aromatic carbocycles. The Hall–Kier alpha value is -0.570. The second-order valence-corrected chi connectivity index (χ2v) is 8.23. The quantitative estimate of drug-likeness (QED) is 0.190. The summed E-state index contributed by atoms with van der Waals surface area (Å²) in [7, 11) is 0. The molecule has 0 atom stereocenters. The van der Waals surface area contributed by atoms with E-state index in [9.17, 15) is 4.79 Å². The lowest BCUT2D eigenvalue weighted by atomic mass is 10.0. The van der Waals surface area contributed by atoms with Crippen LogP contribution in [0.5, 0.6) is 0 Å². The molecule has 0 radical (unpaired) electrons. The van der Waals surface area contributed by atoms with Crippen molar-refractivity contribution in [2.45, 2.75) is 149 Å². The van der Waals surface area contributed by atoms with Gasteiger partial charge in [-0.3, -0.25) is 4.79 Å². The van der Waals surface area contributed by atoms with Gasteiger partial charge in [0.1, 0.15) is 0 Å². The summed E-state index contributed by atoms with van der Waals surface area (Å²) in [6, 6.07) is 0. The number of hydrogen-bond donors (Lipinski definition) is 2. The largest absolute Gasteiger partial charge is 0.481 e. The van der Waals surface area contributed by atoms with Gasteiger partial charge in [0.2, 0.25) is 0 Å². The average molecular weight is 401 g/mol. The number of aliphatic hydroxyl groups is 1. The molecule has 0 fully saturated rings. The minimum absolute atomic E-state index is 0.319. The van der Waals surface area contributed by atoms with E-state index in [2.05, 4.69) is 6.92 Å². The summed E-state index contributed by atoms with van der Waals surface area (Å²) in [5.74, 6) is -0.651. The Morgan fingerprint density at radius 2 is 0.750 bits per heavy atom. The van der Waals surface area contributed by atoms with Crippen LogP contribution in [-0.2, 0) is 4.79 Å². The van der Waals surface area contributed by atoms with Gasteiger partial charge in [-0.15, -0.1) is 0 Å². The molecule has 0 aliphatic carbocycles. The lowest BCUT2D eigenvalue weighted by Crippen LogP contribution is -1.93. The van der Waals surface area contributed by atoms with Gasteiger partial charge in [0.25, 0.3) is 0 Å². The highest BCUT2D eigenvalue weighted by Crippen LogP contribution is 2.14. The third kappa shape index (κ3) is 33.0. The maximum absolute atomic E-state index is 10.4. The van der Waals surface area contributed by atoms with Gasteiger partial charge >= 0.3 is 5.97 Å². The number of aliphatic hydroxyl groups excluding tert-OH is 1. The fraction of sp³-hybridized carbons (Fsp3) is 0.960. The number of hydrogen-bond acceptors (Lipinski definition) is 2. The van der Waals surface area contributed by atoms with Crippen molar-refractivity contribution in [1.82, 2.24) is 0 Å². The molecule has 2 N–H and O–H groups in total. The van der Waals surface area contributed by atoms with Gasteiger partial charge < -0.3 is 10.2 Å². The molecule has 28 heavy (non-hydrogen) atoms. The van der Waals surface area contributed by atoms with Crippen LogP contribution < -0.4 is 0 Å². The maximum Gasteiger partial charge on any atom is 0.303 e. The number of carbonyl (C=O) groups is 1. The molecule has 0 saturated carbocycles. The van der Waals surface area contributed by atoms with Crippen LogP contribution in [0.1, 0.15) is 149 Å². The van der Waals surface area contributed by atoms with Crippen molar-refractivity contribution in [2.75, 3.05) is 6.61 Å². The van der Waals surface area contributed by atoms with Crippen molar-refractivity contribution in [3.63, 3.8) is 0 Å². The Labute approximate surface area is 176 Å². The van der Waals surface area contributed by atoms with Crippen molar-refractivity contribution >= 4 is 5.97 Å². The van der Waals surface area contributed by atoms with Crippen LogP contribution in [0.2, 0.25) is 0 Å². The fourth-order valence-corrected chi connectivity index (χ4v) is 3.35. The van der Waals surface area contributed by atoms with Gasteiger partial charge in [0, 0.05) is 13.0 Å². The predicted octanol–water partition coefficient (Wildman–Crippen LogP) is 8.28. The molecular weight excluding hydrogens is 348 g/mol. The molecule has 0 heterocycles. The molecular formula is C25H52O3. The first-order chi connectivity index (χ1) is 13.7. The SMILES string of the molecule is CCCCCCCCCCCCCCCCCCCCCC(=O)O.CCCO. The number of carboxylic acids is 1. The highest BCUT2D eigenvalue weighted by Gasteiger charge is 1.97. The first-order valence-electron chi connectivity index (χ1n) is 12.5. The Morgan fingerprint density at radius 3 is 0.964 bits per heavy atom. The second kappa shape index (κ2) is 28.6. The molecule has 0 aromatic rings. The normalized spacial score (nSPS) is 10.5. The average Bonchev–Trinajstić information content (AvgIpc) is 2.69. The van der Waals surface area contributed by atoms with E-state index < -0.39 is 5.97 Å². The van der Waals surface area contributed by atoms with E-state index >= 15 is 0 Å². The van der Waals surface area contributed by atoms with Crippen molar-refractivity contribution in [2.24, 2.45) is 0 Å². The highest BCUT2D eigenvalue weighted by atomic mass is 16.4. The fourth-order valence-electron chi connectivity index (χ4n) is 3.35. The zero-order valence-electron chi connectivity index (χ0n) is 19.4. The van der Waals surface area contributed by atoms with Crippen LogP contribution in [0.25, 0.3) is 0 Å². The first-order valence-corrected chi connectivity index (χ1v) is 12.5. The van der Waals surface area contributed by atoms with Gasteiger partial charge in [-0.2, -0.15) is 0 Å². The lowest BCUT2D eigenvalue weighted by Gasteiger charge is -2.03. The van der Waals surface area contributed by atoms with E-state index in [4.69, 9.17) is 10.2 Å². The summed E-state index contributed by atoms with van der Waals surface area (Å²) in [5, 5.41) is 16.4. The highest BCUT2D eigenvalue weighted by molar-refractivity contribution is 5.66. The van der Waals surface area contributed by atoms with E-state index in [1.165, 1.54) is 109 Å². The molecule has 0 unspecified atom stereocenters. The van der Waals surface area contributed by atoms with E-state index in [1.54, 1.807) is 0 Å². The summed E-state index contributed by atoms with van der Waals surface area (Å²) in [6.07, 6.45) is 27.0. The lowest BCUT2D eigenvalue weighted by molar-refractivity contribution is -0.137. The van der Waals surface area contributed by atoms with E-state index in [-0.39, 0.29) is 0 Å². The maximum atomic E-state index is 10.4. The molecule has 170 valence electrons. The third-order valence-corrected chi connectivity index (χ3v) is 5.22. The minimum Gasteiger partial charge on any atom is -0.481 e. The Morgan fingerprint density at radius 1 is 0.500 bits per heavy atom. The van der Waals surface area contributed by atoms with E-state index in [0.717, 1.165) is 19.3 Å².